The molecular weight excluding hydrogens is 443 g/mol. The Morgan fingerprint density at radius 1 is 1.29 bits per heavy atom. The third kappa shape index (κ3) is 5.18. The fraction of sp³-hybridized carbons (Fsp3) is 0.389. The largest absolute Gasteiger partial charge is 0.479 e. The monoisotopic (exact) mass is 462 g/mol. The topological polar surface area (TPSA) is 75.7 Å². The van der Waals surface area contributed by atoms with Gasteiger partial charge < -0.3 is 9.64 Å². The molecule has 1 N–H and O–H groups in total. The number of likely N-dealkylation sites (tertiary alicyclic amines) is 1. The quantitative estimate of drug-likeness (QED) is 0.708. The Morgan fingerprint density at radius 2 is 2.00 bits per heavy atom. The molecule has 0 bridgehead atoms. The average Bonchev–Trinajstić information content (AvgIpc) is 3.19. The summed E-state index contributed by atoms with van der Waals surface area (Å²) >= 11 is 13.1. The Labute approximate surface area is 178 Å². The smallest absolute Gasteiger partial charge is 0.263 e. The van der Waals surface area contributed by atoms with Gasteiger partial charge in [0.1, 0.15) is 9.96 Å². The molecular formula is C18H20Cl2N2O4S2. The van der Waals surface area contributed by atoms with E-state index in [1.807, 2.05) is 0 Å². The van der Waals surface area contributed by atoms with Crippen molar-refractivity contribution < 1.29 is 17.9 Å². The highest BCUT2D eigenvalue weighted by molar-refractivity contribution is 7.91. The molecule has 1 saturated heterocycles. The summed E-state index contributed by atoms with van der Waals surface area (Å²) in [5, 5.41) is 2.56. The SMILES string of the molecule is CC(Oc1ccc(Cl)cc1Cl)C(=O)N1CCC(NS(=O)(=O)c2cccs2)CC1. The van der Waals surface area contributed by atoms with Crippen molar-refractivity contribution in [2.24, 2.45) is 0 Å². The predicted octanol–water partition coefficient (Wildman–Crippen LogP) is 3.79. The number of hydrogen-bond donors (Lipinski definition) is 1. The van der Waals surface area contributed by atoms with Crippen molar-refractivity contribution in [3.8, 4) is 5.75 Å². The first kappa shape index (κ1) is 21.4. The van der Waals surface area contributed by atoms with Gasteiger partial charge in [-0.05, 0) is 49.4 Å². The van der Waals surface area contributed by atoms with Crippen molar-refractivity contribution in [1.29, 1.82) is 0 Å². The van der Waals surface area contributed by atoms with Gasteiger partial charge in [0.15, 0.2) is 6.10 Å². The van der Waals surface area contributed by atoms with E-state index >= 15 is 0 Å². The van der Waals surface area contributed by atoms with Gasteiger partial charge in [-0.3, -0.25) is 4.79 Å². The third-order valence-corrected chi connectivity index (χ3v) is 7.88. The number of nitrogens with one attached hydrogen (secondary N) is 1. The molecule has 0 spiro atoms. The lowest BCUT2D eigenvalue weighted by molar-refractivity contribution is -0.139. The summed E-state index contributed by atoms with van der Waals surface area (Å²) in [6.07, 6.45) is 0.383. The van der Waals surface area contributed by atoms with Crippen molar-refractivity contribution >= 4 is 50.5 Å². The van der Waals surface area contributed by atoms with E-state index in [0.29, 0.717) is 45.9 Å². The zero-order valence-corrected chi connectivity index (χ0v) is 18.2. The number of halogens is 2. The van der Waals surface area contributed by atoms with Crippen LogP contribution in [0.4, 0.5) is 0 Å². The highest BCUT2D eigenvalue weighted by atomic mass is 35.5. The van der Waals surface area contributed by atoms with Crippen molar-refractivity contribution in [3.05, 3.63) is 45.8 Å². The normalized spacial score (nSPS) is 16.8. The minimum atomic E-state index is -3.50. The lowest BCUT2D eigenvalue weighted by Gasteiger charge is -2.33. The van der Waals surface area contributed by atoms with E-state index in [0.717, 1.165) is 0 Å². The molecule has 0 saturated carbocycles. The summed E-state index contributed by atoms with van der Waals surface area (Å²) < 4.78 is 33.3. The van der Waals surface area contributed by atoms with Gasteiger partial charge in [-0.1, -0.05) is 29.3 Å². The van der Waals surface area contributed by atoms with E-state index in [2.05, 4.69) is 4.72 Å². The average molecular weight is 463 g/mol. The van der Waals surface area contributed by atoms with Gasteiger partial charge in [-0.2, -0.15) is 0 Å². The van der Waals surface area contributed by atoms with Crippen LogP contribution in [0.3, 0.4) is 0 Å². The van der Waals surface area contributed by atoms with Gasteiger partial charge in [0, 0.05) is 24.2 Å². The molecule has 1 fully saturated rings. The lowest BCUT2D eigenvalue weighted by atomic mass is 10.1. The molecule has 10 heteroatoms. The van der Waals surface area contributed by atoms with Crippen LogP contribution in [0.15, 0.2) is 39.9 Å². The third-order valence-electron chi connectivity index (χ3n) is 4.43. The van der Waals surface area contributed by atoms with Crippen molar-refractivity contribution in [2.45, 2.75) is 36.1 Å². The number of hydrogen-bond acceptors (Lipinski definition) is 5. The van der Waals surface area contributed by atoms with Gasteiger partial charge >= 0.3 is 0 Å². The Bertz CT molecular complexity index is 927. The molecule has 3 rings (SSSR count). The first-order valence-electron chi connectivity index (χ1n) is 8.72. The minimum absolute atomic E-state index is 0.161. The first-order valence-corrected chi connectivity index (χ1v) is 11.8. The van der Waals surface area contributed by atoms with Gasteiger partial charge in [0.2, 0.25) is 10.0 Å². The molecule has 6 nitrogen and oxygen atoms in total. The zero-order chi connectivity index (χ0) is 20.3. The molecule has 1 aliphatic heterocycles. The van der Waals surface area contributed by atoms with E-state index in [4.69, 9.17) is 27.9 Å². The Hall–Kier alpha value is -1.32. The van der Waals surface area contributed by atoms with E-state index in [1.165, 1.54) is 11.3 Å². The van der Waals surface area contributed by atoms with Crippen LogP contribution in [0, 0.1) is 0 Å². The van der Waals surface area contributed by atoms with E-state index < -0.39 is 16.1 Å². The summed E-state index contributed by atoms with van der Waals surface area (Å²) in [5.41, 5.74) is 0. The van der Waals surface area contributed by atoms with Gasteiger partial charge in [0.05, 0.1) is 5.02 Å². The van der Waals surface area contributed by atoms with Crippen LogP contribution in [0.2, 0.25) is 10.0 Å². The number of carbonyl (C=O) groups is 1. The summed E-state index contributed by atoms with van der Waals surface area (Å²) in [7, 11) is -3.50. The second kappa shape index (κ2) is 9.00. The van der Waals surface area contributed by atoms with Crippen LogP contribution in [0.5, 0.6) is 5.75 Å². The number of ether oxygens (including phenoxy) is 1. The molecule has 2 heterocycles. The molecule has 28 heavy (non-hydrogen) atoms. The molecule has 1 amide bonds. The molecule has 152 valence electrons. The van der Waals surface area contributed by atoms with Crippen LogP contribution in [-0.2, 0) is 14.8 Å². The van der Waals surface area contributed by atoms with E-state index in [-0.39, 0.29) is 11.9 Å². The number of thiophene rings is 1. The number of piperidine rings is 1. The maximum absolute atomic E-state index is 12.7. The minimum Gasteiger partial charge on any atom is -0.479 e. The number of carbonyl (C=O) groups excluding carboxylic acids is 1. The van der Waals surface area contributed by atoms with Gasteiger partial charge in [-0.25, -0.2) is 13.1 Å². The fourth-order valence-electron chi connectivity index (χ4n) is 2.98. The Balaban J connectivity index is 1.53. The second-order valence-corrected chi connectivity index (χ2v) is 10.2. The second-order valence-electron chi connectivity index (χ2n) is 6.49. The Kier molecular flexibility index (Phi) is 6.88. The molecule has 0 radical (unpaired) electrons. The first-order chi connectivity index (χ1) is 13.3. The highest BCUT2D eigenvalue weighted by Crippen LogP contribution is 2.28. The molecule has 1 aromatic carbocycles. The summed E-state index contributed by atoms with van der Waals surface area (Å²) in [5.74, 6) is 0.232. The summed E-state index contributed by atoms with van der Waals surface area (Å²) in [6.45, 7) is 2.58. The highest BCUT2D eigenvalue weighted by Gasteiger charge is 2.29. The van der Waals surface area contributed by atoms with Crippen LogP contribution >= 0.6 is 34.5 Å². The van der Waals surface area contributed by atoms with Crippen molar-refractivity contribution in [3.63, 3.8) is 0 Å². The van der Waals surface area contributed by atoms with Crippen LogP contribution < -0.4 is 9.46 Å². The van der Waals surface area contributed by atoms with Crippen LogP contribution in [0.1, 0.15) is 19.8 Å². The maximum Gasteiger partial charge on any atom is 0.263 e. The Morgan fingerprint density at radius 3 is 2.61 bits per heavy atom. The van der Waals surface area contributed by atoms with Crippen LogP contribution in [0.25, 0.3) is 0 Å². The summed E-state index contributed by atoms with van der Waals surface area (Å²) in [4.78, 5) is 14.3. The molecule has 2 aromatic rings. The molecule has 1 aromatic heterocycles. The molecule has 1 aliphatic rings. The van der Waals surface area contributed by atoms with Crippen molar-refractivity contribution in [1.82, 2.24) is 9.62 Å². The predicted molar refractivity (Wildman–Crippen MR) is 111 cm³/mol. The zero-order valence-electron chi connectivity index (χ0n) is 15.1. The summed E-state index contributed by atoms with van der Waals surface area (Å²) in [6, 6.07) is 7.91. The van der Waals surface area contributed by atoms with Gasteiger partial charge in [-0.15, -0.1) is 11.3 Å². The molecule has 1 unspecified atom stereocenters. The van der Waals surface area contributed by atoms with Crippen LogP contribution in [-0.4, -0.2) is 44.5 Å². The number of amides is 1. The fourth-order valence-corrected chi connectivity index (χ4v) is 5.75. The lowest BCUT2D eigenvalue weighted by Crippen LogP contribution is -2.49. The van der Waals surface area contributed by atoms with E-state index in [1.54, 1.807) is 47.5 Å². The number of sulfonamides is 1. The number of nitrogens with zero attached hydrogens (tertiary/aromatic N) is 1. The standard InChI is InChI=1S/C18H20Cl2N2O4S2/c1-12(26-16-5-4-13(19)11-15(16)20)18(23)22-8-6-14(7-9-22)21-28(24,25)17-3-2-10-27-17/h2-5,10-12,14,21H,6-9H2,1H3. The number of benzene rings is 1. The maximum atomic E-state index is 12.7. The van der Waals surface area contributed by atoms with Gasteiger partial charge in [0.25, 0.3) is 5.91 Å². The van der Waals surface area contributed by atoms with Crippen molar-refractivity contribution in [2.75, 3.05) is 13.1 Å². The molecule has 0 aliphatic carbocycles. The van der Waals surface area contributed by atoms with E-state index in [9.17, 15) is 13.2 Å². The molecule has 1 atom stereocenters. The number of rotatable bonds is 6.